The topological polar surface area (TPSA) is 105 Å². The first-order valence-electron chi connectivity index (χ1n) is 10.7. The van der Waals surface area contributed by atoms with Gasteiger partial charge < -0.3 is 19.7 Å². The largest absolute Gasteiger partial charge is 0.486 e. The zero-order chi connectivity index (χ0) is 24.0. The van der Waals surface area contributed by atoms with Gasteiger partial charge in [0.05, 0.1) is 11.9 Å². The maximum Gasteiger partial charge on any atom is 0.244 e. The highest BCUT2D eigenvalue weighted by atomic mass is 32.2. The number of nitrogens with zero attached hydrogens (tertiary/aromatic N) is 2. The van der Waals surface area contributed by atoms with Gasteiger partial charge in [-0.1, -0.05) is 37.3 Å². The van der Waals surface area contributed by atoms with Crippen LogP contribution in [-0.2, 0) is 26.2 Å². The number of amides is 2. The number of benzene rings is 2. The van der Waals surface area contributed by atoms with Crippen molar-refractivity contribution < 1.29 is 27.5 Å². The van der Waals surface area contributed by atoms with Crippen LogP contribution in [0, 0.1) is 0 Å². The van der Waals surface area contributed by atoms with Gasteiger partial charge in [0.25, 0.3) is 0 Å². The van der Waals surface area contributed by atoms with E-state index in [2.05, 4.69) is 5.32 Å². The van der Waals surface area contributed by atoms with Gasteiger partial charge in [-0.25, -0.2) is 8.42 Å². The van der Waals surface area contributed by atoms with Gasteiger partial charge in [-0.15, -0.1) is 0 Å². The fraction of sp³-hybridized carbons (Fsp3) is 0.391. The van der Waals surface area contributed by atoms with Crippen LogP contribution in [0.15, 0.2) is 48.5 Å². The maximum absolute atomic E-state index is 13.5. The Kier molecular flexibility index (Phi) is 7.80. The minimum atomic E-state index is -3.82. The maximum atomic E-state index is 13.5. The summed E-state index contributed by atoms with van der Waals surface area (Å²) < 4.78 is 37.4. The van der Waals surface area contributed by atoms with E-state index in [0.29, 0.717) is 31.1 Å². The van der Waals surface area contributed by atoms with Gasteiger partial charge in [-0.3, -0.25) is 13.9 Å². The molecule has 0 aliphatic carbocycles. The lowest BCUT2D eigenvalue weighted by molar-refractivity contribution is -0.140. The van der Waals surface area contributed by atoms with Crippen molar-refractivity contribution in [3.8, 4) is 11.5 Å². The standard InChI is InChI=1S/C23H29N3O6S/c1-4-19(23(28)24-2)25(15-17-8-6-5-7-9-17)22(27)16-26(33(3,29)30)18-10-11-20-21(14-18)32-13-12-31-20/h5-11,14,19H,4,12-13,15-16H2,1-3H3,(H,24,28)/t19-/m0/s1. The smallest absolute Gasteiger partial charge is 0.244 e. The molecule has 1 N–H and O–H groups in total. The fourth-order valence-corrected chi connectivity index (χ4v) is 4.51. The molecule has 0 saturated carbocycles. The quantitative estimate of drug-likeness (QED) is 0.593. The van der Waals surface area contributed by atoms with Gasteiger partial charge in [-0.05, 0) is 24.1 Å². The molecule has 2 aromatic carbocycles. The number of fused-ring (bicyclic) bond motifs is 1. The summed E-state index contributed by atoms with van der Waals surface area (Å²) in [5.74, 6) is 0.126. The highest BCUT2D eigenvalue weighted by Crippen LogP contribution is 2.34. The van der Waals surface area contributed by atoms with Crippen LogP contribution >= 0.6 is 0 Å². The third-order valence-electron chi connectivity index (χ3n) is 5.32. The van der Waals surface area contributed by atoms with Crippen LogP contribution in [0.5, 0.6) is 11.5 Å². The van der Waals surface area contributed by atoms with E-state index >= 15 is 0 Å². The predicted molar refractivity (Wildman–Crippen MR) is 125 cm³/mol. The van der Waals surface area contributed by atoms with Gasteiger partial charge in [0.2, 0.25) is 21.8 Å². The van der Waals surface area contributed by atoms with Gasteiger partial charge in [-0.2, -0.15) is 0 Å². The number of sulfonamides is 1. The Hall–Kier alpha value is -3.27. The third-order valence-corrected chi connectivity index (χ3v) is 6.46. The van der Waals surface area contributed by atoms with Crippen molar-refractivity contribution in [3.05, 3.63) is 54.1 Å². The van der Waals surface area contributed by atoms with E-state index in [1.807, 2.05) is 30.3 Å². The molecule has 1 heterocycles. The van der Waals surface area contributed by atoms with Crippen molar-refractivity contribution in [3.63, 3.8) is 0 Å². The molecule has 2 amide bonds. The minimum absolute atomic E-state index is 0.171. The number of hydrogen-bond donors (Lipinski definition) is 1. The molecule has 0 saturated heterocycles. The molecule has 0 fully saturated rings. The molecule has 0 spiro atoms. The lowest BCUT2D eigenvalue weighted by Gasteiger charge is -2.32. The van der Waals surface area contributed by atoms with Crippen LogP contribution in [0.2, 0.25) is 0 Å². The van der Waals surface area contributed by atoms with Crippen molar-refractivity contribution >= 4 is 27.5 Å². The van der Waals surface area contributed by atoms with Crippen LogP contribution in [-0.4, -0.2) is 64.2 Å². The number of hydrogen-bond acceptors (Lipinski definition) is 6. The summed E-state index contributed by atoms with van der Waals surface area (Å²) >= 11 is 0. The highest BCUT2D eigenvalue weighted by Gasteiger charge is 2.31. The lowest BCUT2D eigenvalue weighted by atomic mass is 10.1. The van der Waals surface area contributed by atoms with E-state index in [9.17, 15) is 18.0 Å². The van der Waals surface area contributed by atoms with Crippen LogP contribution in [0.1, 0.15) is 18.9 Å². The fourth-order valence-electron chi connectivity index (χ4n) is 3.67. The SMILES string of the molecule is CC[C@@H](C(=O)NC)N(Cc1ccccc1)C(=O)CN(c1ccc2c(c1)OCCO2)S(C)(=O)=O. The Morgan fingerprint density at radius 2 is 1.73 bits per heavy atom. The van der Waals surface area contributed by atoms with E-state index in [0.717, 1.165) is 16.1 Å². The van der Waals surface area contributed by atoms with Gasteiger partial charge in [0, 0.05) is 19.7 Å². The summed E-state index contributed by atoms with van der Waals surface area (Å²) in [5, 5.41) is 2.59. The Bertz CT molecular complexity index is 1090. The molecular formula is C23H29N3O6S. The second-order valence-electron chi connectivity index (χ2n) is 7.64. The predicted octanol–water partition coefficient (Wildman–Crippen LogP) is 1.78. The van der Waals surface area contributed by atoms with Crippen molar-refractivity contribution in [2.75, 3.05) is 37.4 Å². The zero-order valence-electron chi connectivity index (χ0n) is 19.0. The summed E-state index contributed by atoms with van der Waals surface area (Å²) in [6.07, 6.45) is 1.41. The first kappa shape index (κ1) is 24.4. The second-order valence-corrected chi connectivity index (χ2v) is 9.55. The monoisotopic (exact) mass is 475 g/mol. The van der Waals surface area contributed by atoms with E-state index in [1.54, 1.807) is 25.1 Å². The van der Waals surface area contributed by atoms with Crippen molar-refractivity contribution in [1.29, 1.82) is 0 Å². The number of likely N-dealkylation sites (N-methyl/N-ethyl adjacent to an activating group) is 1. The van der Waals surface area contributed by atoms with E-state index in [4.69, 9.17) is 9.47 Å². The summed E-state index contributed by atoms with van der Waals surface area (Å²) in [7, 11) is -2.31. The Morgan fingerprint density at radius 1 is 1.06 bits per heavy atom. The van der Waals surface area contributed by atoms with Crippen LogP contribution < -0.4 is 19.1 Å². The van der Waals surface area contributed by atoms with E-state index in [1.165, 1.54) is 11.9 Å². The summed E-state index contributed by atoms with van der Waals surface area (Å²) in [5.41, 5.74) is 1.11. The molecule has 9 nitrogen and oxygen atoms in total. The minimum Gasteiger partial charge on any atom is -0.486 e. The summed E-state index contributed by atoms with van der Waals surface area (Å²) in [4.78, 5) is 27.4. The van der Waals surface area contributed by atoms with Crippen LogP contribution in [0.25, 0.3) is 0 Å². The third kappa shape index (κ3) is 5.95. The molecule has 2 aromatic rings. The molecule has 0 aromatic heterocycles. The molecule has 178 valence electrons. The number of carbonyl (C=O) groups is 2. The molecule has 3 rings (SSSR count). The number of carbonyl (C=O) groups excluding carboxylic acids is 2. The lowest BCUT2D eigenvalue weighted by Crippen LogP contribution is -2.51. The average molecular weight is 476 g/mol. The van der Waals surface area contributed by atoms with Gasteiger partial charge >= 0.3 is 0 Å². The summed E-state index contributed by atoms with van der Waals surface area (Å²) in [6.45, 7) is 2.28. The van der Waals surface area contributed by atoms with Crippen molar-refractivity contribution in [1.82, 2.24) is 10.2 Å². The number of nitrogens with one attached hydrogen (secondary N) is 1. The molecule has 10 heteroatoms. The van der Waals surface area contributed by atoms with E-state index in [-0.39, 0.29) is 18.1 Å². The first-order chi connectivity index (χ1) is 15.7. The highest BCUT2D eigenvalue weighted by molar-refractivity contribution is 7.92. The van der Waals surface area contributed by atoms with E-state index < -0.39 is 28.5 Å². The average Bonchev–Trinajstić information content (AvgIpc) is 2.81. The first-order valence-corrected chi connectivity index (χ1v) is 12.5. The molecule has 0 bridgehead atoms. The normalized spacial score (nSPS) is 13.7. The van der Waals surface area contributed by atoms with Crippen LogP contribution in [0.4, 0.5) is 5.69 Å². The summed E-state index contributed by atoms with van der Waals surface area (Å²) in [6, 6.07) is 13.2. The Labute approximate surface area is 194 Å². The molecule has 1 atom stereocenters. The van der Waals surface area contributed by atoms with Gasteiger partial charge in [0.1, 0.15) is 25.8 Å². The van der Waals surface area contributed by atoms with Crippen LogP contribution in [0.3, 0.4) is 0 Å². The molecule has 1 aliphatic rings. The number of rotatable bonds is 9. The Balaban J connectivity index is 1.93. The molecule has 0 radical (unpaired) electrons. The molecule has 0 unspecified atom stereocenters. The van der Waals surface area contributed by atoms with Gasteiger partial charge in [0.15, 0.2) is 11.5 Å². The van der Waals surface area contributed by atoms with Crippen molar-refractivity contribution in [2.24, 2.45) is 0 Å². The number of ether oxygens (including phenoxy) is 2. The zero-order valence-corrected chi connectivity index (χ0v) is 19.8. The number of anilines is 1. The molecular weight excluding hydrogens is 446 g/mol. The second kappa shape index (κ2) is 10.6. The molecule has 33 heavy (non-hydrogen) atoms. The van der Waals surface area contributed by atoms with Crippen molar-refractivity contribution in [2.45, 2.75) is 25.9 Å². The molecule has 1 aliphatic heterocycles. The Morgan fingerprint density at radius 3 is 2.33 bits per heavy atom.